The quantitative estimate of drug-likeness (QED) is 0.776. The third kappa shape index (κ3) is 5.15. The van der Waals surface area contributed by atoms with Crippen LogP contribution in [-0.4, -0.2) is 26.0 Å². The Morgan fingerprint density at radius 1 is 1.35 bits per heavy atom. The van der Waals surface area contributed by atoms with Gasteiger partial charge in [0.25, 0.3) is 0 Å². The Bertz CT molecular complexity index is 312. The molecule has 1 heterocycles. The molecular weight excluding hydrogens is 234 g/mol. The first kappa shape index (κ1) is 14.6. The van der Waals surface area contributed by atoms with Crippen molar-refractivity contribution in [3.8, 4) is 0 Å². The number of hydrogen-bond donors (Lipinski definition) is 1. The normalized spacial score (nSPS) is 13.2. The molecule has 0 radical (unpaired) electrons. The molecule has 0 saturated heterocycles. The van der Waals surface area contributed by atoms with Gasteiger partial charge in [0.2, 0.25) is 0 Å². The molecule has 17 heavy (non-hydrogen) atoms. The molecule has 0 bridgehead atoms. The van der Waals surface area contributed by atoms with E-state index in [9.17, 15) is 0 Å². The average Bonchev–Trinajstić information content (AvgIpc) is 2.72. The summed E-state index contributed by atoms with van der Waals surface area (Å²) in [6, 6.07) is 4.46. The van der Waals surface area contributed by atoms with E-state index < -0.39 is 0 Å². The van der Waals surface area contributed by atoms with Gasteiger partial charge in [-0.1, -0.05) is 13.8 Å². The van der Waals surface area contributed by atoms with Crippen molar-refractivity contribution in [3.63, 3.8) is 0 Å². The van der Waals surface area contributed by atoms with Crippen LogP contribution in [0.5, 0.6) is 0 Å². The number of nitrogens with one attached hydrogen (secondary N) is 1. The number of thioether (sulfide) groups is 1. The molecule has 0 amide bonds. The lowest BCUT2D eigenvalue weighted by Gasteiger charge is -2.20. The van der Waals surface area contributed by atoms with Crippen molar-refractivity contribution in [3.05, 3.63) is 23.7 Å². The minimum atomic E-state index is 0.370. The summed E-state index contributed by atoms with van der Waals surface area (Å²) in [5.41, 5.74) is 0. The number of methoxy groups -OCH3 is 1. The Morgan fingerprint density at radius 2 is 2.06 bits per heavy atom. The van der Waals surface area contributed by atoms with Crippen LogP contribution < -0.4 is 5.32 Å². The maximum atomic E-state index is 5.71. The fourth-order valence-corrected chi connectivity index (χ4v) is 2.08. The number of ether oxygens (including phenoxy) is 1. The van der Waals surface area contributed by atoms with E-state index in [1.165, 1.54) is 0 Å². The standard InChI is InChI=1S/C13H23NO2S/c1-10(2)13(8-15-3)14-7-11-5-6-12(16-11)9-17-4/h5-6,10,13-14H,7-9H2,1-4H3. The lowest BCUT2D eigenvalue weighted by molar-refractivity contribution is 0.145. The molecule has 0 aromatic carbocycles. The van der Waals surface area contributed by atoms with Gasteiger partial charge in [0, 0.05) is 13.2 Å². The lowest BCUT2D eigenvalue weighted by atomic mass is 10.1. The zero-order valence-electron chi connectivity index (χ0n) is 11.2. The molecule has 0 aliphatic rings. The van der Waals surface area contributed by atoms with Crippen LogP contribution in [0, 0.1) is 5.92 Å². The van der Waals surface area contributed by atoms with Gasteiger partial charge in [-0.05, 0) is 24.3 Å². The third-order valence-corrected chi connectivity index (χ3v) is 3.27. The summed E-state index contributed by atoms with van der Waals surface area (Å²) in [5.74, 6) is 3.53. The minimum absolute atomic E-state index is 0.370. The Morgan fingerprint density at radius 3 is 2.65 bits per heavy atom. The van der Waals surface area contributed by atoms with E-state index in [1.54, 1.807) is 18.9 Å². The Balaban J connectivity index is 2.41. The molecular formula is C13H23NO2S. The summed E-state index contributed by atoms with van der Waals surface area (Å²) in [4.78, 5) is 0. The van der Waals surface area contributed by atoms with Crippen LogP contribution in [0.3, 0.4) is 0 Å². The van der Waals surface area contributed by atoms with E-state index in [1.807, 2.05) is 12.1 Å². The zero-order chi connectivity index (χ0) is 12.7. The molecule has 4 heteroatoms. The monoisotopic (exact) mass is 257 g/mol. The highest BCUT2D eigenvalue weighted by Crippen LogP contribution is 2.13. The first-order chi connectivity index (χ1) is 8.17. The lowest BCUT2D eigenvalue weighted by Crippen LogP contribution is -2.37. The maximum absolute atomic E-state index is 5.71. The van der Waals surface area contributed by atoms with Crippen LogP contribution in [0.1, 0.15) is 25.4 Å². The van der Waals surface area contributed by atoms with Gasteiger partial charge in [-0.2, -0.15) is 11.8 Å². The van der Waals surface area contributed by atoms with E-state index >= 15 is 0 Å². The van der Waals surface area contributed by atoms with Crippen LogP contribution in [-0.2, 0) is 17.0 Å². The summed E-state index contributed by atoms with van der Waals surface area (Å²) >= 11 is 1.77. The molecule has 0 aliphatic heterocycles. The van der Waals surface area contributed by atoms with Crippen molar-refractivity contribution in [1.82, 2.24) is 5.32 Å². The summed E-state index contributed by atoms with van der Waals surface area (Å²) < 4.78 is 10.9. The molecule has 98 valence electrons. The van der Waals surface area contributed by atoms with Crippen LogP contribution >= 0.6 is 11.8 Å². The molecule has 1 unspecified atom stereocenters. The minimum Gasteiger partial charge on any atom is -0.464 e. The summed E-state index contributed by atoms with van der Waals surface area (Å²) in [6.45, 7) is 5.88. The van der Waals surface area contributed by atoms with Gasteiger partial charge in [-0.15, -0.1) is 0 Å². The van der Waals surface area contributed by atoms with Crippen molar-refractivity contribution in [2.45, 2.75) is 32.2 Å². The molecule has 0 fully saturated rings. The number of hydrogen-bond acceptors (Lipinski definition) is 4. The van der Waals surface area contributed by atoms with E-state index in [0.29, 0.717) is 12.0 Å². The average molecular weight is 257 g/mol. The van der Waals surface area contributed by atoms with Gasteiger partial charge >= 0.3 is 0 Å². The van der Waals surface area contributed by atoms with Crippen LogP contribution in [0.15, 0.2) is 16.5 Å². The second kappa shape index (κ2) is 7.80. The van der Waals surface area contributed by atoms with Crippen molar-refractivity contribution >= 4 is 11.8 Å². The van der Waals surface area contributed by atoms with E-state index in [-0.39, 0.29) is 0 Å². The highest BCUT2D eigenvalue weighted by atomic mass is 32.2. The van der Waals surface area contributed by atoms with Gasteiger partial charge in [0.1, 0.15) is 11.5 Å². The van der Waals surface area contributed by atoms with E-state index in [0.717, 1.165) is 30.4 Å². The van der Waals surface area contributed by atoms with E-state index in [4.69, 9.17) is 9.15 Å². The summed E-state index contributed by atoms with van der Waals surface area (Å²) in [5, 5.41) is 3.47. The van der Waals surface area contributed by atoms with Crippen LogP contribution in [0.25, 0.3) is 0 Å². The van der Waals surface area contributed by atoms with Crippen molar-refractivity contribution in [2.75, 3.05) is 20.0 Å². The fourth-order valence-electron chi connectivity index (χ4n) is 1.64. The fraction of sp³-hybridized carbons (Fsp3) is 0.692. The molecule has 1 aromatic heterocycles. The third-order valence-electron chi connectivity index (χ3n) is 2.69. The molecule has 3 nitrogen and oxygen atoms in total. The zero-order valence-corrected chi connectivity index (χ0v) is 12.0. The molecule has 1 N–H and O–H groups in total. The van der Waals surface area contributed by atoms with Crippen molar-refractivity contribution < 1.29 is 9.15 Å². The van der Waals surface area contributed by atoms with Gasteiger partial charge < -0.3 is 14.5 Å². The Hall–Kier alpha value is -0.450. The number of furan rings is 1. The Labute approximate surface area is 108 Å². The van der Waals surface area contributed by atoms with Crippen LogP contribution in [0.2, 0.25) is 0 Å². The van der Waals surface area contributed by atoms with Gasteiger partial charge in [0.15, 0.2) is 0 Å². The van der Waals surface area contributed by atoms with Crippen molar-refractivity contribution in [1.29, 1.82) is 0 Å². The van der Waals surface area contributed by atoms with Gasteiger partial charge in [-0.3, -0.25) is 0 Å². The smallest absolute Gasteiger partial charge is 0.118 e. The van der Waals surface area contributed by atoms with Crippen molar-refractivity contribution in [2.24, 2.45) is 5.92 Å². The summed E-state index contributed by atoms with van der Waals surface area (Å²) in [6.07, 6.45) is 2.08. The largest absolute Gasteiger partial charge is 0.464 e. The molecule has 1 aromatic rings. The highest BCUT2D eigenvalue weighted by Gasteiger charge is 2.13. The topological polar surface area (TPSA) is 34.4 Å². The SMILES string of the molecule is COCC(NCc1ccc(CSC)o1)C(C)C. The first-order valence-electron chi connectivity index (χ1n) is 5.96. The molecule has 1 atom stereocenters. The predicted octanol–water partition coefficient (Wildman–Crippen LogP) is 2.90. The summed E-state index contributed by atoms with van der Waals surface area (Å²) in [7, 11) is 1.74. The second-order valence-corrected chi connectivity index (χ2v) is 5.35. The molecule has 0 saturated carbocycles. The predicted molar refractivity (Wildman–Crippen MR) is 73.3 cm³/mol. The van der Waals surface area contributed by atoms with Gasteiger partial charge in [0.05, 0.1) is 18.9 Å². The van der Waals surface area contributed by atoms with E-state index in [2.05, 4.69) is 25.4 Å². The first-order valence-corrected chi connectivity index (χ1v) is 7.35. The highest BCUT2D eigenvalue weighted by molar-refractivity contribution is 7.97. The number of rotatable bonds is 8. The molecule has 0 spiro atoms. The maximum Gasteiger partial charge on any atom is 0.118 e. The second-order valence-electron chi connectivity index (χ2n) is 4.49. The molecule has 0 aliphatic carbocycles. The van der Waals surface area contributed by atoms with Crippen LogP contribution in [0.4, 0.5) is 0 Å². The van der Waals surface area contributed by atoms with Gasteiger partial charge in [-0.25, -0.2) is 0 Å². The Kier molecular flexibility index (Phi) is 6.70. The molecule has 1 rings (SSSR count).